The van der Waals surface area contributed by atoms with E-state index in [0.29, 0.717) is 38.8 Å². The quantitative estimate of drug-likeness (QED) is 0.273. The molecule has 5 rings (SSSR count). The van der Waals surface area contributed by atoms with Crippen molar-refractivity contribution in [2.24, 2.45) is 0 Å². The van der Waals surface area contributed by atoms with Crippen LogP contribution in [0.5, 0.6) is 0 Å². The molecule has 0 saturated carbocycles. The maximum absolute atomic E-state index is 13.7. The van der Waals surface area contributed by atoms with Gasteiger partial charge in [0.05, 0.1) is 6.42 Å². The van der Waals surface area contributed by atoms with Crippen LogP contribution in [0, 0.1) is 0 Å². The van der Waals surface area contributed by atoms with Gasteiger partial charge in [-0.05, 0) is 67.2 Å². The largest absolute Gasteiger partial charge is 0.356 e. The number of hydrogen-bond donors (Lipinski definition) is 2. The molecular weight excluding hydrogens is 548 g/mol. The summed E-state index contributed by atoms with van der Waals surface area (Å²) in [5.41, 5.74) is 3.75. The first-order valence-electron chi connectivity index (χ1n) is 16.3. The number of piperazine rings is 1. The smallest absolute Gasteiger partial charge is 0.246 e. The molecule has 0 unspecified atom stereocenters. The summed E-state index contributed by atoms with van der Waals surface area (Å²) in [6.45, 7) is 5.80. The monoisotopic (exact) mass is 594 g/mol. The van der Waals surface area contributed by atoms with E-state index in [9.17, 15) is 14.4 Å². The van der Waals surface area contributed by atoms with Gasteiger partial charge in [0.25, 0.3) is 0 Å². The van der Waals surface area contributed by atoms with E-state index >= 15 is 0 Å². The minimum Gasteiger partial charge on any atom is -0.356 e. The van der Waals surface area contributed by atoms with Crippen LogP contribution >= 0.6 is 0 Å². The van der Waals surface area contributed by atoms with Crippen molar-refractivity contribution in [1.29, 1.82) is 0 Å². The Morgan fingerprint density at radius 2 is 1.57 bits per heavy atom. The second kappa shape index (κ2) is 15.2. The number of benzene rings is 3. The Morgan fingerprint density at radius 3 is 2.30 bits per heavy atom. The van der Waals surface area contributed by atoms with E-state index in [2.05, 4.69) is 64.9 Å². The number of carbonyl (C=O) groups is 3. The molecule has 44 heavy (non-hydrogen) atoms. The standard InChI is InChI=1S/C37H46N4O3/c1-2-24-41-35(43)33(39-36(44)37(41)21-26-40(27-22-37)25-20-29-13-5-3-6-14-29)19-11-12-23-38-34(42)28-31-17-9-10-18-32(31)30-15-7-4-8-16-30/h3-10,13-18,33H,2,11-12,19-28H2,1H3,(H,38,42)(H,39,44)/t33-/m0/s1. The summed E-state index contributed by atoms with van der Waals surface area (Å²) in [5.74, 6) is 0.0379. The van der Waals surface area contributed by atoms with E-state index < -0.39 is 11.6 Å². The number of piperidine rings is 1. The molecule has 3 aromatic carbocycles. The second-order valence-corrected chi connectivity index (χ2v) is 12.2. The van der Waals surface area contributed by atoms with Gasteiger partial charge in [-0.2, -0.15) is 0 Å². The third-order valence-electron chi connectivity index (χ3n) is 9.19. The lowest BCUT2D eigenvalue weighted by Gasteiger charge is -2.51. The molecule has 232 valence electrons. The Bertz CT molecular complexity index is 1390. The van der Waals surface area contributed by atoms with Crippen molar-refractivity contribution in [2.75, 3.05) is 32.7 Å². The van der Waals surface area contributed by atoms with Crippen molar-refractivity contribution in [2.45, 2.75) is 69.9 Å². The van der Waals surface area contributed by atoms with Gasteiger partial charge in [0.1, 0.15) is 11.6 Å². The average molecular weight is 595 g/mol. The third kappa shape index (κ3) is 7.56. The van der Waals surface area contributed by atoms with Gasteiger partial charge in [-0.15, -0.1) is 0 Å². The fourth-order valence-electron chi connectivity index (χ4n) is 6.71. The van der Waals surface area contributed by atoms with Crippen LogP contribution in [-0.2, 0) is 27.2 Å². The van der Waals surface area contributed by atoms with E-state index in [0.717, 1.165) is 62.0 Å². The normalized spacial score (nSPS) is 18.3. The lowest BCUT2D eigenvalue weighted by Crippen LogP contribution is -2.72. The summed E-state index contributed by atoms with van der Waals surface area (Å²) in [4.78, 5) is 44.3. The van der Waals surface area contributed by atoms with Crippen LogP contribution in [0.2, 0.25) is 0 Å². The number of hydrogen-bond acceptors (Lipinski definition) is 4. The van der Waals surface area contributed by atoms with Crippen molar-refractivity contribution in [3.8, 4) is 11.1 Å². The number of nitrogens with one attached hydrogen (secondary N) is 2. The van der Waals surface area contributed by atoms with Crippen LogP contribution in [0.1, 0.15) is 56.6 Å². The Balaban J connectivity index is 1.07. The fraction of sp³-hybridized carbons (Fsp3) is 0.432. The van der Waals surface area contributed by atoms with Gasteiger partial charge in [-0.3, -0.25) is 14.4 Å². The van der Waals surface area contributed by atoms with Crippen LogP contribution < -0.4 is 10.6 Å². The predicted molar refractivity (Wildman–Crippen MR) is 175 cm³/mol. The molecule has 7 heteroatoms. The highest BCUT2D eigenvalue weighted by Gasteiger charge is 2.52. The number of carbonyl (C=O) groups excluding carboxylic acids is 3. The van der Waals surface area contributed by atoms with Crippen LogP contribution in [0.15, 0.2) is 84.9 Å². The van der Waals surface area contributed by atoms with E-state index in [1.165, 1.54) is 5.56 Å². The van der Waals surface area contributed by atoms with Gasteiger partial charge in [0.15, 0.2) is 0 Å². The lowest BCUT2D eigenvalue weighted by molar-refractivity contribution is -0.161. The van der Waals surface area contributed by atoms with Crippen molar-refractivity contribution in [1.82, 2.24) is 20.4 Å². The summed E-state index contributed by atoms with van der Waals surface area (Å²) < 4.78 is 0. The minimum absolute atomic E-state index is 0.00337. The highest BCUT2D eigenvalue weighted by molar-refractivity contribution is 6.00. The Morgan fingerprint density at radius 1 is 0.886 bits per heavy atom. The Labute approximate surface area is 262 Å². The number of likely N-dealkylation sites (tertiary alicyclic amines) is 1. The molecule has 3 amide bonds. The molecule has 0 aromatic heterocycles. The zero-order valence-corrected chi connectivity index (χ0v) is 26.0. The van der Waals surface area contributed by atoms with Gasteiger partial charge in [-0.1, -0.05) is 91.9 Å². The highest BCUT2D eigenvalue weighted by atomic mass is 16.2. The van der Waals surface area contributed by atoms with Crippen LogP contribution in [-0.4, -0.2) is 71.8 Å². The zero-order valence-electron chi connectivity index (χ0n) is 26.0. The number of nitrogens with zero attached hydrogens (tertiary/aromatic N) is 2. The fourth-order valence-corrected chi connectivity index (χ4v) is 6.71. The van der Waals surface area contributed by atoms with Crippen molar-refractivity contribution >= 4 is 17.7 Å². The molecule has 0 bridgehead atoms. The topological polar surface area (TPSA) is 81.8 Å². The Hall–Kier alpha value is -3.97. The van der Waals surface area contributed by atoms with Gasteiger partial charge < -0.3 is 20.4 Å². The maximum Gasteiger partial charge on any atom is 0.246 e. The molecule has 3 aromatic rings. The predicted octanol–water partition coefficient (Wildman–Crippen LogP) is 5.00. The number of rotatable bonds is 13. The molecule has 2 heterocycles. The van der Waals surface area contributed by atoms with Gasteiger partial charge in [0.2, 0.25) is 17.7 Å². The highest BCUT2D eigenvalue weighted by Crippen LogP contribution is 2.34. The molecular formula is C37H46N4O3. The maximum atomic E-state index is 13.7. The molecule has 1 spiro atoms. The van der Waals surface area contributed by atoms with Crippen LogP contribution in [0.3, 0.4) is 0 Å². The number of amides is 3. The molecule has 2 N–H and O–H groups in total. The van der Waals surface area contributed by atoms with Crippen molar-refractivity contribution in [3.05, 3.63) is 96.1 Å². The first-order chi connectivity index (χ1) is 21.5. The Kier molecular flexibility index (Phi) is 10.8. The van der Waals surface area contributed by atoms with E-state index in [-0.39, 0.29) is 17.7 Å². The van der Waals surface area contributed by atoms with Crippen molar-refractivity contribution < 1.29 is 14.4 Å². The van der Waals surface area contributed by atoms with E-state index in [1.54, 1.807) is 0 Å². The first kappa shape index (κ1) is 31.5. The SMILES string of the molecule is CCCN1C(=O)[C@H](CCCCNC(=O)Cc2ccccc2-c2ccccc2)NC(=O)C12CCN(CCc1ccccc1)CC2. The molecule has 7 nitrogen and oxygen atoms in total. The summed E-state index contributed by atoms with van der Waals surface area (Å²) in [5, 5.41) is 6.15. The molecule has 2 fully saturated rings. The van der Waals surface area contributed by atoms with Gasteiger partial charge in [0, 0.05) is 32.7 Å². The van der Waals surface area contributed by atoms with Gasteiger partial charge >= 0.3 is 0 Å². The first-order valence-corrected chi connectivity index (χ1v) is 16.3. The van der Waals surface area contributed by atoms with Crippen LogP contribution in [0.25, 0.3) is 11.1 Å². The second-order valence-electron chi connectivity index (χ2n) is 12.2. The van der Waals surface area contributed by atoms with E-state index in [4.69, 9.17) is 0 Å². The average Bonchev–Trinajstić information content (AvgIpc) is 3.06. The number of unbranched alkanes of at least 4 members (excludes halogenated alkanes) is 1. The summed E-state index contributed by atoms with van der Waals surface area (Å²) in [7, 11) is 0. The summed E-state index contributed by atoms with van der Waals surface area (Å²) >= 11 is 0. The zero-order chi connectivity index (χ0) is 30.8. The van der Waals surface area contributed by atoms with Gasteiger partial charge in [-0.25, -0.2) is 0 Å². The summed E-state index contributed by atoms with van der Waals surface area (Å²) in [6, 6.07) is 28.1. The molecule has 2 aliphatic heterocycles. The molecule has 2 saturated heterocycles. The molecule has 0 radical (unpaired) electrons. The van der Waals surface area contributed by atoms with Crippen molar-refractivity contribution in [3.63, 3.8) is 0 Å². The van der Waals surface area contributed by atoms with Crippen LogP contribution in [0.4, 0.5) is 0 Å². The minimum atomic E-state index is -0.739. The molecule has 0 aliphatic carbocycles. The lowest BCUT2D eigenvalue weighted by atomic mass is 9.81. The molecule has 2 aliphatic rings. The van der Waals surface area contributed by atoms with E-state index in [1.807, 2.05) is 47.4 Å². The summed E-state index contributed by atoms with van der Waals surface area (Å²) in [6.07, 6.45) is 5.55. The third-order valence-corrected chi connectivity index (χ3v) is 9.19. The molecule has 1 atom stereocenters.